The smallest absolute Gasteiger partial charge is 0.410 e. The summed E-state index contributed by atoms with van der Waals surface area (Å²) in [7, 11) is 0. The lowest BCUT2D eigenvalue weighted by atomic mass is 9.85. The second-order valence-electron chi connectivity index (χ2n) is 8.99. The van der Waals surface area contributed by atoms with Gasteiger partial charge in [0.15, 0.2) is 5.82 Å². The third-order valence-electron chi connectivity index (χ3n) is 5.41. The Morgan fingerprint density at radius 2 is 1.97 bits per heavy atom. The first-order valence-electron chi connectivity index (χ1n) is 10.1. The second-order valence-corrected chi connectivity index (χ2v) is 8.99. The van der Waals surface area contributed by atoms with Gasteiger partial charge in [0.2, 0.25) is 5.91 Å². The number of hydrogen-bond acceptors (Lipinski definition) is 6. The summed E-state index contributed by atoms with van der Waals surface area (Å²) in [6.07, 6.45) is 3.78. The predicted molar refractivity (Wildman–Crippen MR) is 107 cm³/mol. The number of piperidine rings is 1. The standard InChI is InChI=1S/C20H28N6O4/c1-19(2,3)30-18(29)25-10-7-20(6-9-21,8-11-25)26-12-14(15(22)27)16(24-26)23-17(28)13-4-5-13/h12-13H,4-8,10-11H2,1-3H3,(H2,22,27)(H,23,24,28). The van der Waals surface area contributed by atoms with Crippen molar-refractivity contribution in [2.24, 2.45) is 11.7 Å². The van der Waals surface area contributed by atoms with Crippen LogP contribution in [0.25, 0.3) is 0 Å². The molecule has 0 radical (unpaired) electrons. The normalized spacial score (nSPS) is 18.4. The van der Waals surface area contributed by atoms with Gasteiger partial charge in [0, 0.05) is 25.2 Å². The van der Waals surface area contributed by atoms with E-state index >= 15 is 0 Å². The number of hydrogen-bond donors (Lipinski definition) is 2. The van der Waals surface area contributed by atoms with E-state index in [1.807, 2.05) is 0 Å². The number of nitrogens with two attached hydrogens (primary N) is 1. The lowest BCUT2D eigenvalue weighted by molar-refractivity contribution is -0.117. The van der Waals surface area contributed by atoms with E-state index in [4.69, 9.17) is 10.5 Å². The first-order valence-corrected chi connectivity index (χ1v) is 10.1. The van der Waals surface area contributed by atoms with Gasteiger partial charge >= 0.3 is 6.09 Å². The fraction of sp³-hybridized carbons (Fsp3) is 0.650. The molecule has 10 heteroatoms. The van der Waals surface area contributed by atoms with Crippen molar-refractivity contribution in [3.05, 3.63) is 11.8 Å². The van der Waals surface area contributed by atoms with E-state index in [2.05, 4.69) is 16.5 Å². The number of carbonyl (C=O) groups is 3. The number of carbonyl (C=O) groups excluding carboxylic acids is 3. The predicted octanol–water partition coefficient (Wildman–Crippen LogP) is 1.97. The molecule has 0 bridgehead atoms. The van der Waals surface area contributed by atoms with Crippen molar-refractivity contribution in [2.45, 2.75) is 64.0 Å². The summed E-state index contributed by atoms with van der Waals surface area (Å²) in [5.41, 5.74) is 4.29. The van der Waals surface area contributed by atoms with Gasteiger partial charge in [-0.05, 0) is 46.5 Å². The largest absolute Gasteiger partial charge is 0.444 e. The number of aromatic nitrogens is 2. The highest BCUT2D eigenvalue weighted by molar-refractivity contribution is 6.02. The summed E-state index contributed by atoms with van der Waals surface area (Å²) >= 11 is 0. The quantitative estimate of drug-likeness (QED) is 0.751. The van der Waals surface area contributed by atoms with Gasteiger partial charge in [0.05, 0.1) is 18.0 Å². The van der Waals surface area contributed by atoms with Crippen molar-refractivity contribution in [1.29, 1.82) is 5.26 Å². The van der Waals surface area contributed by atoms with Crippen molar-refractivity contribution < 1.29 is 19.1 Å². The van der Waals surface area contributed by atoms with E-state index < -0.39 is 23.1 Å². The maximum absolute atomic E-state index is 12.4. The average molecular weight is 416 g/mol. The topological polar surface area (TPSA) is 143 Å². The van der Waals surface area contributed by atoms with Crippen LogP contribution in [0.2, 0.25) is 0 Å². The van der Waals surface area contributed by atoms with Crippen LogP contribution in [-0.4, -0.2) is 51.3 Å². The van der Waals surface area contributed by atoms with Crippen LogP contribution < -0.4 is 11.1 Å². The zero-order chi connectivity index (χ0) is 22.1. The van der Waals surface area contributed by atoms with Crippen LogP contribution in [0.1, 0.15) is 63.2 Å². The molecule has 3 amide bonds. The minimum Gasteiger partial charge on any atom is -0.444 e. The molecule has 1 saturated carbocycles. The van der Waals surface area contributed by atoms with Gasteiger partial charge < -0.3 is 20.7 Å². The molecule has 1 saturated heterocycles. The summed E-state index contributed by atoms with van der Waals surface area (Å²) in [6, 6.07) is 2.19. The van der Waals surface area contributed by atoms with E-state index in [1.165, 1.54) is 6.20 Å². The summed E-state index contributed by atoms with van der Waals surface area (Å²) in [5.74, 6) is -0.824. The molecular formula is C20H28N6O4. The van der Waals surface area contributed by atoms with Crippen LogP contribution in [0.3, 0.4) is 0 Å². The highest BCUT2D eigenvalue weighted by Crippen LogP contribution is 2.36. The summed E-state index contributed by atoms with van der Waals surface area (Å²) in [6.45, 7) is 6.18. The van der Waals surface area contributed by atoms with E-state index in [-0.39, 0.29) is 29.6 Å². The summed E-state index contributed by atoms with van der Waals surface area (Å²) < 4.78 is 6.99. The fourth-order valence-electron chi connectivity index (χ4n) is 3.52. The number of nitrogens with one attached hydrogen (secondary N) is 1. The van der Waals surface area contributed by atoms with E-state index in [9.17, 15) is 19.6 Å². The molecule has 2 aliphatic rings. The van der Waals surface area contributed by atoms with Gasteiger partial charge in [0.25, 0.3) is 5.91 Å². The Kier molecular flexibility index (Phi) is 5.74. The Labute approximate surface area is 175 Å². The Morgan fingerprint density at radius 3 is 2.47 bits per heavy atom. The molecule has 3 rings (SSSR count). The molecule has 162 valence electrons. The van der Waals surface area contributed by atoms with E-state index in [0.29, 0.717) is 25.9 Å². The molecule has 10 nitrogen and oxygen atoms in total. The maximum Gasteiger partial charge on any atom is 0.410 e. The maximum atomic E-state index is 12.4. The highest BCUT2D eigenvalue weighted by atomic mass is 16.6. The zero-order valence-corrected chi connectivity index (χ0v) is 17.6. The number of nitrogens with zero attached hydrogens (tertiary/aromatic N) is 4. The monoisotopic (exact) mass is 416 g/mol. The number of likely N-dealkylation sites (tertiary alicyclic amines) is 1. The summed E-state index contributed by atoms with van der Waals surface area (Å²) in [4.78, 5) is 38.0. The van der Waals surface area contributed by atoms with Crippen molar-refractivity contribution in [2.75, 3.05) is 18.4 Å². The van der Waals surface area contributed by atoms with Gasteiger partial charge in [-0.1, -0.05) is 0 Å². The first kappa shape index (κ1) is 21.6. The van der Waals surface area contributed by atoms with Crippen LogP contribution in [0.15, 0.2) is 6.20 Å². The third kappa shape index (κ3) is 4.72. The molecule has 1 aromatic rings. The minimum atomic E-state index is -0.708. The van der Waals surface area contributed by atoms with Crippen LogP contribution in [-0.2, 0) is 15.1 Å². The van der Waals surface area contributed by atoms with Gasteiger partial charge in [-0.2, -0.15) is 10.4 Å². The van der Waals surface area contributed by atoms with Crippen molar-refractivity contribution >= 4 is 23.7 Å². The second kappa shape index (κ2) is 7.97. The molecule has 30 heavy (non-hydrogen) atoms. The van der Waals surface area contributed by atoms with Crippen LogP contribution in [0.5, 0.6) is 0 Å². The molecule has 3 N–H and O–H groups in total. The molecular weight excluding hydrogens is 388 g/mol. The van der Waals surface area contributed by atoms with Gasteiger partial charge in [0.1, 0.15) is 11.2 Å². The lowest BCUT2D eigenvalue weighted by Crippen LogP contribution is -2.49. The number of primary amides is 1. The highest BCUT2D eigenvalue weighted by Gasteiger charge is 2.40. The Bertz CT molecular complexity index is 882. The Hall–Kier alpha value is -3.09. The molecule has 1 aliphatic carbocycles. The molecule has 0 atom stereocenters. The molecule has 1 aliphatic heterocycles. The van der Waals surface area contributed by atoms with Gasteiger partial charge in [-0.25, -0.2) is 4.79 Å². The van der Waals surface area contributed by atoms with Crippen molar-refractivity contribution in [3.8, 4) is 6.07 Å². The number of ether oxygens (including phenoxy) is 1. The third-order valence-corrected chi connectivity index (χ3v) is 5.41. The molecule has 2 heterocycles. The number of rotatable bonds is 5. The SMILES string of the molecule is CC(C)(C)OC(=O)N1CCC(CC#N)(n2cc(C(N)=O)c(NC(=O)C3CC3)n2)CC1. The van der Waals surface area contributed by atoms with Gasteiger partial charge in [-0.15, -0.1) is 0 Å². The number of nitriles is 1. The van der Waals surface area contributed by atoms with Crippen LogP contribution in [0.4, 0.5) is 10.6 Å². The Morgan fingerprint density at radius 1 is 1.33 bits per heavy atom. The molecule has 0 spiro atoms. The molecule has 2 fully saturated rings. The van der Waals surface area contributed by atoms with Crippen LogP contribution in [0, 0.1) is 17.2 Å². The minimum absolute atomic E-state index is 0.0546. The zero-order valence-electron chi connectivity index (χ0n) is 17.6. The van der Waals surface area contributed by atoms with Gasteiger partial charge in [-0.3, -0.25) is 14.3 Å². The fourth-order valence-corrected chi connectivity index (χ4v) is 3.52. The van der Waals surface area contributed by atoms with Crippen molar-refractivity contribution in [3.63, 3.8) is 0 Å². The number of anilines is 1. The van der Waals surface area contributed by atoms with Crippen LogP contribution >= 0.6 is 0 Å². The average Bonchev–Trinajstić information content (AvgIpc) is 3.41. The Balaban J connectivity index is 1.81. The first-order chi connectivity index (χ1) is 14.0. The summed E-state index contributed by atoms with van der Waals surface area (Å²) in [5, 5.41) is 16.5. The van der Waals surface area contributed by atoms with E-state index in [0.717, 1.165) is 12.8 Å². The molecule has 0 aromatic carbocycles. The molecule has 1 aromatic heterocycles. The molecule has 0 unspecified atom stereocenters. The number of amides is 3. The van der Waals surface area contributed by atoms with Crippen molar-refractivity contribution in [1.82, 2.24) is 14.7 Å². The lowest BCUT2D eigenvalue weighted by Gasteiger charge is -2.40. The van der Waals surface area contributed by atoms with E-state index in [1.54, 1.807) is 30.4 Å².